The minimum absolute atomic E-state index is 0.298. The van der Waals surface area contributed by atoms with Crippen LogP contribution in [0.25, 0.3) is 0 Å². The molecule has 0 unspecified atom stereocenters. The molecule has 0 fully saturated rings. The SMILES string of the molecule is CCN(CC)C(=O)[C@H](OC(=O)CNC(=O)c1cccc(OC)c1)c1ccccc1. The van der Waals surface area contributed by atoms with Crippen molar-refractivity contribution in [1.29, 1.82) is 0 Å². The number of methoxy groups -OCH3 is 1. The zero-order valence-corrected chi connectivity index (χ0v) is 16.9. The Morgan fingerprint density at radius 3 is 2.31 bits per heavy atom. The molecule has 7 nitrogen and oxygen atoms in total. The average molecular weight is 398 g/mol. The van der Waals surface area contributed by atoms with Crippen LogP contribution in [-0.4, -0.2) is 49.4 Å². The van der Waals surface area contributed by atoms with Gasteiger partial charge >= 0.3 is 5.97 Å². The molecule has 2 aromatic rings. The lowest BCUT2D eigenvalue weighted by molar-refractivity contribution is -0.160. The third kappa shape index (κ3) is 6.07. The number of nitrogens with zero attached hydrogens (tertiary/aromatic N) is 1. The Balaban J connectivity index is 2.05. The normalized spacial score (nSPS) is 11.3. The van der Waals surface area contributed by atoms with Crippen LogP contribution in [0.3, 0.4) is 0 Å². The van der Waals surface area contributed by atoms with E-state index in [1.165, 1.54) is 7.11 Å². The van der Waals surface area contributed by atoms with Gasteiger partial charge in [0.2, 0.25) is 6.10 Å². The zero-order valence-electron chi connectivity index (χ0n) is 16.9. The van der Waals surface area contributed by atoms with E-state index in [1.54, 1.807) is 53.4 Å². The van der Waals surface area contributed by atoms with Gasteiger partial charge in [-0.2, -0.15) is 0 Å². The van der Waals surface area contributed by atoms with Crippen LogP contribution in [0.1, 0.15) is 35.9 Å². The van der Waals surface area contributed by atoms with Gasteiger partial charge in [0, 0.05) is 24.2 Å². The standard InChI is InChI=1S/C22H26N2O5/c1-4-24(5-2)22(27)20(16-10-7-6-8-11-16)29-19(25)15-23-21(26)17-12-9-13-18(14-17)28-3/h6-14,20H,4-5,15H2,1-3H3,(H,23,26)/t20-/m1/s1. The molecular formula is C22H26N2O5. The monoisotopic (exact) mass is 398 g/mol. The summed E-state index contributed by atoms with van der Waals surface area (Å²) in [4.78, 5) is 39.0. The fraction of sp³-hybridized carbons (Fsp3) is 0.318. The second kappa shape index (κ2) is 10.8. The maximum Gasteiger partial charge on any atom is 0.326 e. The Morgan fingerprint density at radius 2 is 1.69 bits per heavy atom. The molecule has 29 heavy (non-hydrogen) atoms. The fourth-order valence-corrected chi connectivity index (χ4v) is 2.78. The number of ether oxygens (including phenoxy) is 2. The number of esters is 1. The van der Waals surface area contributed by atoms with E-state index in [0.717, 1.165) is 0 Å². The summed E-state index contributed by atoms with van der Waals surface area (Å²) in [5.74, 6) is -0.898. The molecular weight excluding hydrogens is 372 g/mol. The van der Waals surface area contributed by atoms with Gasteiger partial charge in [-0.15, -0.1) is 0 Å². The lowest BCUT2D eigenvalue weighted by Gasteiger charge is -2.25. The van der Waals surface area contributed by atoms with Crippen LogP contribution in [-0.2, 0) is 14.3 Å². The Labute approximate surface area is 170 Å². The minimum atomic E-state index is -1.06. The van der Waals surface area contributed by atoms with E-state index in [0.29, 0.717) is 30.0 Å². The first-order valence-electron chi connectivity index (χ1n) is 9.45. The van der Waals surface area contributed by atoms with Gasteiger partial charge in [0.25, 0.3) is 11.8 Å². The predicted octanol–water partition coefficient (Wildman–Crippen LogP) is 2.58. The van der Waals surface area contributed by atoms with Crippen LogP contribution < -0.4 is 10.1 Å². The third-order valence-corrected chi connectivity index (χ3v) is 4.38. The summed E-state index contributed by atoms with van der Waals surface area (Å²) in [5, 5.41) is 2.51. The van der Waals surface area contributed by atoms with E-state index in [1.807, 2.05) is 19.9 Å². The highest BCUT2D eigenvalue weighted by Crippen LogP contribution is 2.20. The topological polar surface area (TPSA) is 84.9 Å². The molecule has 0 aromatic heterocycles. The van der Waals surface area contributed by atoms with Crippen molar-refractivity contribution in [2.45, 2.75) is 20.0 Å². The van der Waals surface area contributed by atoms with Gasteiger partial charge in [0.15, 0.2) is 0 Å². The lowest BCUT2D eigenvalue weighted by atomic mass is 10.1. The van der Waals surface area contributed by atoms with Crippen molar-refractivity contribution in [2.24, 2.45) is 0 Å². The van der Waals surface area contributed by atoms with Crippen molar-refractivity contribution in [2.75, 3.05) is 26.7 Å². The molecule has 0 saturated carbocycles. The van der Waals surface area contributed by atoms with Crippen molar-refractivity contribution in [3.63, 3.8) is 0 Å². The van der Waals surface area contributed by atoms with Crippen molar-refractivity contribution < 1.29 is 23.9 Å². The molecule has 0 heterocycles. The largest absolute Gasteiger partial charge is 0.497 e. The Bertz CT molecular complexity index is 834. The Kier molecular flexibility index (Phi) is 8.21. The van der Waals surface area contributed by atoms with Crippen LogP contribution in [0.5, 0.6) is 5.75 Å². The maximum atomic E-state index is 12.8. The average Bonchev–Trinajstić information content (AvgIpc) is 2.77. The first-order valence-corrected chi connectivity index (χ1v) is 9.45. The summed E-state index contributed by atoms with van der Waals surface area (Å²) in [6.45, 7) is 4.37. The molecule has 0 aliphatic carbocycles. The highest BCUT2D eigenvalue weighted by Gasteiger charge is 2.28. The number of nitrogens with one attached hydrogen (secondary N) is 1. The van der Waals surface area contributed by atoms with E-state index in [4.69, 9.17) is 9.47 Å². The number of amides is 2. The molecule has 0 aliphatic heterocycles. The van der Waals surface area contributed by atoms with E-state index in [9.17, 15) is 14.4 Å². The molecule has 0 saturated heterocycles. The molecule has 0 radical (unpaired) electrons. The molecule has 0 bridgehead atoms. The van der Waals surface area contributed by atoms with Gasteiger partial charge in [-0.1, -0.05) is 36.4 Å². The van der Waals surface area contributed by atoms with E-state index < -0.39 is 18.0 Å². The van der Waals surface area contributed by atoms with E-state index in [-0.39, 0.29) is 12.5 Å². The van der Waals surface area contributed by atoms with Gasteiger partial charge < -0.3 is 19.7 Å². The van der Waals surface area contributed by atoms with Crippen LogP contribution in [0.2, 0.25) is 0 Å². The highest BCUT2D eigenvalue weighted by molar-refractivity contribution is 5.96. The van der Waals surface area contributed by atoms with Crippen LogP contribution in [0.4, 0.5) is 0 Å². The fourth-order valence-electron chi connectivity index (χ4n) is 2.78. The molecule has 1 atom stereocenters. The molecule has 2 amide bonds. The van der Waals surface area contributed by atoms with E-state index >= 15 is 0 Å². The summed E-state index contributed by atoms with van der Waals surface area (Å²) in [7, 11) is 1.50. The summed E-state index contributed by atoms with van der Waals surface area (Å²) < 4.78 is 10.5. The molecule has 2 aromatic carbocycles. The summed E-state index contributed by atoms with van der Waals surface area (Å²) >= 11 is 0. The first-order chi connectivity index (χ1) is 14.0. The number of hydrogen-bond acceptors (Lipinski definition) is 5. The molecule has 154 valence electrons. The molecule has 0 aliphatic rings. The summed E-state index contributed by atoms with van der Waals surface area (Å²) in [6, 6.07) is 15.4. The second-order valence-corrected chi connectivity index (χ2v) is 6.21. The third-order valence-electron chi connectivity index (χ3n) is 4.38. The molecule has 2 rings (SSSR count). The number of hydrogen-bond donors (Lipinski definition) is 1. The number of likely N-dealkylation sites (N-methyl/N-ethyl adjacent to an activating group) is 1. The number of carbonyl (C=O) groups is 3. The summed E-state index contributed by atoms with van der Waals surface area (Å²) in [6.07, 6.45) is -1.06. The smallest absolute Gasteiger partial charge is 0.326 e. The van der Waals surface area contributed by atoms with Crippen LogP contribution >= 0.6 is 0 Å². The van der Waals surface area contributed by atoms with Gasteiger partial charge in [0.05, 0.1) is 7.11 Å². The van der Waals surface area contributed by atoms with Crippen LogP contribution in [0, 0.1) is 0 Å². The van der Waals surface area contributed by atoms with Crippen molar-refractivity contribution in [3.8, 4) is 5.75 Å². The molecule has 0 spiro atoms. The first kappa shape index (κ1) is 21.9. The van der Waals surface area contributed by atoms with Crippen LogP contribution in [0.15, 0.2) is 54.6 Å². The minimum Gasteiger partial charge on any atom is -0.497 e. The van der Waals surface area contributed by atoms with Crippen molar-refractivity contribution >= 4 is 17.8 Å². The van der Waals surface area contributed by atoms with E-state index in [2.05, 4.69) is 5.32 Å². The number of benzene rings is 2. The van der Waals surface area contributed by atoms with Gasteiger partial charge in [-0.3, -0.25) is 14.4 Å². The Morgan fingerprint density at radius 1 is 1.00 bits per heavy atom. The molecule has 1 N–H and O–H groups in total. The maximum absolute atomic E-state index is 12.8. The highest BCUT2D eigenvalue weighted by atomic mass is 16.5. The van der Waals surface area contributed by atoms with Crippen molar-refractivity contribution in [3.05, 3.63) is 65.7 Å². The van der Waals surface area contributed by atoms with Gasteiger partial charge in [-0.25, -0.2) is 0 Å². The Hall–Kier alpha value is -3.35. The zero-order chi connectivity index (χ0) is 21.2. The van der Waals surface area contributed by atoms with Gasteiger partial charge in [0.1, 0.15) is 12.3 Å². The number of rotatable bonds is 9. The van der Waals surface area contributed by atoms with Crippen molar-refractivity contribution in [1.82, 2.24) is 10.2 Å². The second-order valence-electron chi connectivity index (χ2n) is 6.21. The van der Waals surface area contributed by atoms with Gasteiger partial charge in [-0.05, 0) is 32.0 Å². The quantitative estimate of drug-likeness (QED) is 0.657. The number of carbonyl (C=O) groups excluding carboxylic acids is 3. The molecule has 7 heteroatoms. The predicted molar refractivity (Wildman–Crippen MR) is 109 cm³/mol. The lowest BCUT2D eigenvalue weighted by Crippen LogP contribution is -2.38. The summed E-state index contributed by atoms with van der Waals surface area (Å²) in [5.41, 5.74) is 0.938.